The fourth-order valence-corrected chi connectivity index (χ4v) is 1.50. The molecule has 0 aliphatic carbocycles. The van der Waals surface area contributed by atoms with Crippen LogP contribution in [0.4, 0.5) is 17.5 Å². The summed E-state index contributed by atoms with van der Waals surface area (Å²) in [6, 6.07) is 11.1. The first kappa shape index (κ1) is 12.6. The number of rotatable bonds is 5. The Morgan fingerprint density at radius 2 is 2.16 bits per heavy atom. The first-order valence-corrected chi connectivity index (χ1v) is 5.77. The van der Waals surface area contributed by atoms with E-state index in [0.717, 1.165) is 5.69 Å². The SMILES string of the molecule is C=CCNc1nccc(Nc2ccccc2C#N)n1. The predicted molar refractivity (Wildman–Crippen MR) is 75.2 cm³/mol. The smallest absolute Gasteiger partial charge is 0.224 e. The van der Waals surface area contributed by atoms with Gasteiger partial charge in [-0.3, -0.25) is 0 Å². The average Bonchev–Trinajstić information content (AvgIpc) is 2.46. The van der Waals surface area contributed by atoms with Crippen LogP contribution in [-0.4, -0.2) is 16.5 Å². The zero-order valence-corrected chi connectivity index (χ0v) is 10.3. The van der Waals surface area contributed by atoms with Crippen molar-refractivity contribution in [2.75, 3.05) is 17.2 Å². The van der Waals surface area contributed by atoms with Crippen LogP contribution in [0.1, 0.15) is 5.56 Å². The number of aromatic nitrogens is 2. The van der Waals surface area contributed by atoms with E-state index in [-0.39, 0.29) is 0 Å². The predicted octanol–water partition coefficient (Wildman–Crippen LogP) is 2.69. The molecule has 1 heterocycles. The molecule has 94 valence electrons. The molecule has 5 heteroatoms. The lowest BCUT2D eigenvalue weighted by Gasteiger charge is -2.08. The van der Waals surface area contributed by atoms with E-state index >= 15 is 0 Å². The van der Waals surface area contributed by atoms with Crippen LogP contribution in [0.25, 0.3) is 0 Å². The summed E-state index contributed by atoms with van der Waals surface area (Å²) in [4.78, 5) is 8.38. The summed E-state index contributed by atoms with van der Waals surface area (Å²) in [5, 5.41) is 15.1. The lowest BCUT2D eigenvalue weighted by Crippen LogP contribution is -2.04. The average molecular weight is 251 g/mol. The molecule has 2 rings (SSSR count). The van der Waals surface area contributed by atoms with E-state index in [2.05, 4.69) is 33.2 Å². The lowest BCUT2D eigenvalue weighted by molar-refractivity contribution is 1.12. The third-order valence-corrected chi connectivity index (χ3v) is 2.37. The van der Waals surface area contributed by atoms with Crippen LogP contribution < -0.4 is 10.6 Å². The normalized spacial score (nSPS) is 9.42. The van der Waals surface area contributed by atoms with Gasteiger partial charge in [0, 0.05) is 12.7 Å². The number of hydrogen-bond donors (Lipinski definition) is 2. The molecule has 0 aliphatic rings. The number of nitrogens with zero attached hydrogens (tertiary/aromatic N) is 3. The highest BCUT2D eigenvalue weighted by Gasteiger charge is 2.03. The highest BCUT2D eigenvalue weighted by atomic mass is 15.1. The van der Waals surface area contributed by atoms with Crippen LogP contribution in [0.15, 0.2) is 49.2 Å². The van der Waals surface area contributed by atoms with Crippen molar-refractivity contribution in [2.24, 2.45) is 0 Å². The molecule has 0 fully saturated rings. The standard InChI is InChI=1S/C14H13N5/c1-2-8-16-14-17-9-7-13(19-14)18-12-6-4-3-5-11(12)10-15/h2-7,9H,1,8H2,(H2,16,17,18,19). The van der Waals surface area contributed by atoms with Gasteiger partial charge in [0.05, 0.1) is 11.3 Å². The van der Waals surface area contributed by atoms with Gasteiger partial charge in [-0.1, -0.05) is 18.2 Å². The number of benzene rings is 1. The summed E-state index contributed by atoms with van der Waals surface area (Å²) in [6.07, 6.45) is 3.38. The van der Waals surface area contributed by atoms with E-state index in [1.165, 1.54) is 0 Å². The molecule has 0 radical (unpaired) electrons. The molecule has 2 aromatic rings. The maximum Gasteiger partial charge on any atom is 0.224 e. The minimum absolute atomic E-state index is 0.513. The molecule has 1 aromatic heterocycles. The first-order valence-electron chi connectivity index (χ1n) is 5.77. The highest BCUT2D eigenvalue weighted by Crippen LogP contribution is 2.18. The Morgan fingerprint density at radius 3 is 2.95 bits per heavy atom. The fraction of sp³-hybridized carbons (Fsp3) is 0.0714. The second kappa shape index (κ2) is 6.17. The summed E-state index contributed by atoms with van der Waals surface area (Å²) in [5.41, 5.74) is 1.29. The minimum Gasteiger partial charge on any atom is -0.351 e. The maximum absolute atomic E-state index is 9.02. The third kappa shape index (κ3) is 3.30. The highest BCUT2D eigenvalue weighted by molar-refractivity contribution is 5.64. The Bertz CT molecular complexity index is 615. The summed E-state index contributed by atoms with van der Waals surface area (Å²) in [6.45, 7) is 4.21. The summed E-state index contributed by atoms with van der Waals surface area (Å²) < 4.78 is 0. The topological polar surface area (TPSA) is 73.6 Å². The van der Waals surface area contributed by atoms with Gasteiger partial charge in [-0.05, 0) is 18.2 Å². The largest absolute Gasteiger partial charge is 0.351 e. The van der Waals surface area contributed by atoms with Gasteiger partial charge in [0.1, 0.15) is 11.9 Å². The summed E-state index contributed by atoms with van der Waals surface area (Å²) in [7, 11) is 0. The number of nitrogens with one attached hydrogen (secondary N) is 2. The van der Waals surface area contributed by atoms with Crippen molar-refractivity contribution in [3.05, 3.63) is 54.7 Å². The Balaban J connectivity index is 2.19. The quantitative estimate of drug-likeness (QED) is 0.799. The number of hydrogen-bond acceptors (Lipinski definition) is 5. The Labute approximate surface area is 111 Å². The Morgan fingerprint density at radius 1 is 1.32 bits per heavy atom. The van der Waals surface area contributed by atoms with E-state index in [4.69, 9.17) is 5.26 Å². The fourth-order valence-electron chi connectivity index (χ4n) is 1.50. The van der Waals surface area contributed by atoms with Crippen LogP contribution >= 0.6 is 0 Å². The van der Waals surface area contributed by atoms with Gasteiger partial charge >= 0.3 is 0 Å². The van der Waals surface area contributed by atoms with Crippen LogP contribution in [0, 0.1) is 11.3 Å². The minimum atomic E-state index is 0.513. The van der Waals surface area contributed by atoms with Gasteiger partial charge in [-0.15, -0.1) is 6.58 Å². The number of para-hydroxylation sites is 1. The van der Waals surface area contributed by atoms with E-state index in [1.807, 2.05) is 18.2 Å². The van der Waals surface area contributed by atoms with Crippen LogP contribution in [-0.2, 0) is 0 Å². The van der Waals surface area contributed by atoms with Gasteiger partial charge in [-0.2, -0.15) is 10.2 Å². The molecule has 0 saturated heterocycles. The second-order valence-electron chi connectivity index (χ2n) is 3.72. The monoisotopic (exact) mass is 251 g/mol. The third-order valence-electron chi connectivity index (χ3n) is 2.37. The Hall–Kier alpha value is -2.87. The van der Waals surface area contributed by atoms with Crippen LogP contribution in [0.5, 0.6) is 0 Å². The molecular formula is C14H13N5. The van der Waals surface area contributed by atoms with Gasteiger partial charge in [-0.25, -0.2) is 4.98 Å². The molecule has 19 heavy (non-hydrogen) atoms. The molecule has 0 unspecified atom stereocenters. The van der Waals surface area contributed by atoms with Crippen molar-refractivity contribution in [1.82, 2.24) is 9.97 Å². The van der Waals surface area contributed by atoms with Crippen molar-refractivity contribution in [1.29, 1.82) is 5.26 Å². The van der Waals surface area contributed by atoms with Gasteiger partial charge in [0.25, 0.3) is 0 Å². The zero-order chi connectivity index (χ0) is 13.5. The van der Waals surface area contributed by atoms with E-state index in [1.54, 1.807) is 24.4 Å². The molecule has 0 aliphatic heterocycles. The van der Waals surface area contributed by atoms with E-state index in [0.29, 0.717) is 23.9 Å². The van der Waals surface area contributed by atoms with Crippen molar-refractivity contribution in [3.63, 3.8) is 0 Å². The van der Waals surface area contributed by atoms with E-state index in [9.17, 15) is 0 Å². The maximum atomic E-state index is 9.02. The number of anilines is 3. The zero-order valence-electron chi connectivity index (χ0n) is 10.3. The summed E-state index contributed by atoms with van der Waals surface area (Å²) >= 11 is 0. The van der Waals surface area contributed by atoms with Gasteiger partial charge < -0.3 is 10.6 Å². The van der Waals surface area contributed by atoms with Gasteiger partial charge in [0.2, 0.25) is 5.95 Å². The van der Waals surface area contributed by atoms with Crippen molar-refractivity contribution < 1.29 is 0 Å². The second-order valence-corrected chi connectivity index (χ2v) is 3.72. The molecule has 2 N–H and O–H groups in total. The molecule has 0 saturated carbocycles. The van der Waals surface area contributed by atoms with Crippen LogP contribution in [0.2, 0.25) is 0 Å². The molecular weight excluding hydrogens is 238 g/mol. The number of nitriles is 1. The molecule has 0 amide bonds. The Kier molecular flexibility index (Phi) is 4.09. The van der Waals surface area contributed by atoms with Crippen molar-refractivity contribution in [2.45, 2.75) is 0 Å². The van der Waals surface area contributed by atoms with E-state index < -0.39 is 0 Å². The molecule has 1 aromatic carbocycles. The van der Waals surface area contributed by atoms with Crippen molar-refractivity contribution >= 4 is 17.5 Å². The molecule has 0 atom stereocenters. The molecule has 5 nitrogen and oxygen atoms in total. The summed E-state index contributed by atoms with van der Waals surface area (Å²) in [5.74, 6) is 1.14. The molecule has 0 bridgehead atoms. The van der Waals surface area contributed by atoms with Gasteiger partial charge in [0.15, 0.2) is 0 Å². The lowest BCUT2D eigenvalue weighted by atomic mass is 10.2. The van der Waals surface area contributed by atoms with Crippen molar-refractivity contribution in [3.8, 4) is 6.07 Å². The molecule has 0 spiro atoms. The van der Waals surface area contributed by atoms with Crippen LogP contribution in [0.3, 0.4) is 0 Å². The first-order chi connectivity index (χ1) is 9.33.